The van der Waals surface area contributed by atoms with Crippen molar-refractivity contribution >= 4 is 39.3 Å². The highest BCUT2D eigenvalue weighted by atomic mass is 32.1. The van der Waals surface area contributed by atoms with Gasteiger partial charge >= 0.3 is 0 Å². The third-order valence-electron chi connectivity index (χ3n) is 7.82. The SMILES string of the molecule is Cc1nc(C#N)cc(-c2ccnc3cc(CN4C(=O)C5C(C4=O)C5(C)C)sc23)c1C(=O)N1CC(C)(F)C1. The number of aromatic nitrogens is 2. The Kier molecular flexibility index (Phi) is 4.89. The fraction of sp³-hybridized carbons (Fsp3) is 0.407. The van der Waals surface area contributed by atoms with Crippen LogP contribution >= 0.6 is 11.3 Å². The molecule has 0 aromatic carbocycles. The van der Waals surface area contributed by atoms with Gasteiger partial charge in [0.15, 0.2) is 0 Å². The summed E-state index contributed by atoms with van der Waals surface area (Å²) in [6.07, 6.45) is 1.62. The van der Waals surface area contributed by atoms with Gasteiger partial charge in [-0.3, -0.25) is 24.3 Å². The van der Waals surface area contributed by atoms with Gasteiger partial charge in [0.2, 0.25) is 11.8 Å². The monoisotopic (exact) mass is 517 g/mol. The number of aryl methyl sites for hydroxylation is 1. The number of pyridine rings is 2. The Hall–Kier alpha value is -3.71. The first kappa shape index (κ1) is 23.7. The van der Waals surface area contributed by atoms with E-state index in [1.54, 1.807) is 25.3 Å². The number of carbonyl (C=O) groups excluding carboxylic acids is 3. The minimum Gasteiger partial charge on any atom is -0.332 e. The van der Waals surface area contributed by atoms with Crippen molar-refractivity contribution in [3.05, 3.63) is 46.2 Å². The van der Waals surface area contributed by atoms with Crippen LogP contribution in [0.4, 0.5) is 4.39 Å². The van der Waals surface area contributed by atoms with E-state index < -0.39 is 5.67 Å². The molecule has 8 nitrogen and oxygen atoms in total. The van der Waals surface area contributed by atoms with Crippen molar-refractivity contribution in [2.75, 3.05) is 13.1 Å². The van der Waals surface area contributed by atoms with Gasteiger partial charge in [0.1, 0.15) is 17.4 Å². The number of likely N-dealkylation sites (tertiary alicyclic amines) is 2. The molecule has 0 bridgehead atoms. The van der Waals surface area contributed by atoms with E-state index in [0.29, 0.717) is 27.9 Å². The quantitative estimate of drug-likeness (QED) is 0.487. The topological polar surface area (TPSA) is 107 Å². The smallest absolute Gasteiger partial charge is 0.256 e. The molecule has 5 heterocycles. The molecule has 3 amide bonds. The zero-order valence-corrected chi connectivity index (χ0v) is 21.6. The lowest BCUT2D eigenvalue weighted by molar-refractivity contribution is -0.143. The number of piperidine rings is 1. The number of rotatable bonds is 4. The van der Waals surface area contributed by atoms with Crippen molar-refractivity contribution < 1.29 is 18.8 Å². The number of hydrogen-bond donors (Lipinski definition) is 0. The highest BCUT2D eigenvalue weighted by molar-refractivity contribution is 7.19. The summed E-state index contributed by atoms with van der Waals surface area (Å²) in [6.45, 7) is 7.19. The van der Waals surface area contributed by atoms with Crippen molar-refractivity contribution in [2.24, 2.45) is 17.3 Å². The second-order valence-corrected chi connectivity index (χ2v) is 12.2. The summed E-state index contributed by atoms with van der Waals surface area (Å²) in [5.74, 6) is -1.08. The van der Waals surface area contributed by atoms with Gasteiger partial charge in [-0.05, 0) is 37.5 Å². The molecule has 2 aliphatic heterocycles. The first-order valence-electron chi connectivity index (χ1n) is 12.1. The number of alkyl halides is 1. The molecule has 37 heavy (non-hydrogen) atoms. The van der Waals surface area contributed by atoms with Gasteiger partial charge in [0.25, 0.3) is 5.91 Å². The lowest BCUT2D eigenvalue weighted by atomic mass is 9.93. The predicted octanol–water partition coefficient (Wildman–Crippen LogP) is 3.86. The molecule has 2 atom stereocenters. The summed E-state index contributed by atoms with van der Waals surface area (Å²) in [5, 5.41) is 9.55. The molecule has 1 saturated carbocycles. The van der Waals surface area contributed by atoms with Crippen molar-refractivity contribution in [1.29, 1.82) is 5.26 Å². The van der Waals surface area contributed by atoms with Gasteiger partial charge < -0.3 is 4.90 Å². The molecule has 6 rings (SSSR count). The van der Waals surface area contributed by atoms with E-state index in [4.69, 9.17) is 0 Å². The highest BCUT2D eigenvalue weighted by Gasteiger charge is 2.72. The van der Waals surface area contributed by atoms with E-state index in [0.717, 1.165) is 9.58 Å². The Bertz CT molecular complexity index is 1550. The van der Waals surface area contributed by atoms with Gasteiger partial charge in [-0.2, -0.15) is 5.26 Å². The van der Waals surface area contributed by atoms with E-state index in [1.165, 1.54) is 28.1 Å². The normalized spacial score (nSPS) is 23.1. The van der Waals surface area contributed by atoms with Gasteiger partial charge in [-0.25, -0.2) is 9.37 Å². The van der Waals surface area contributed by atoms with E-state index in [1.807, 2.05) is 19.9 Å². The lowest BCUT2D eigenvalue weighted by Gasteiger charge is -2.42. The Morgan fingerprint density at radius 2 is 1.86 bits per heavy atom. The second-order valence-electron chi connectivity index (χ2n) is 11.0. The van der Waals surface area contributed by atoms with Gasteiger partial charge in [-0.1, -0.05) is 13.8 Å². The molecule has 3 aliphatic rings. The first-order chi connectivity index (χ1) is 17.4. The molecule has 0 radical (unpaired) electrons. The highest BCUT2D eigenvalue weighted by Crippen LogP contribution is 2.63. The Morgan fingerprint density at radius 1 is 1.19 bits per heavy atom. The number of nitriles is 1. The fourth-order valence-electron chi connectivity index (χ4n) is 5.86. The predicted molar refractivity (Wildman–Crippen MR) is 134 cm³/mol. The van der Waals surface area contributed by atoms with Crippen molar-refractivity contribution in [3.8, 4) is 17.2 Å². The number of halogens is 1. The Morgan fingerprint density at radius 3 is 2.49 bits per heavy atom. The Labute approximate surface area is 216 Å². The molecule has 0 N–H and O–H groups in total. The van der Waals surface area contributed by atoms with Gasteiger partial charge in [-0.15, -0.1) is 11.3 Å². The van der Waals surface area contributed by atoms with E-state index in [-0.39, 0.29) is 60.3 Å². The number of fused-ring (bicyclic) bond motifs is 2. The van der Waals surface area contributed by atoms with Crippen LogP contribution < -0.4 is 0 Å². The molecule has 0 spiro atoms. The minimum absolute atomic E-state index is 0.00366. The van der Waals surface area contributed by atoms with Crippen LogP contribution in [0.1, 0.15) is 47.4 Å². The summed E-state index contributed by atoms with van der Waals surface area (Å²) >= 11 is 1.40. The van der Waals surface area contributed by atoms with E-state index in [2.05, 4.69) is 16.0 Å². The van der Waals surface area contributed by atoms with Crippen molar-refractivity contribution in [1.82, 2.24) is 19.8 Å². The van der Waals surface area contributed by atoms with Crippen molar-refractivity contribution in [2.45, 2.75) is 39.9 Å². The van der Waals surface area contributed by atoms with Crippen LogP contribution in [0.2, 0.25) is 0 Å². The molecule has 10 heteroatoms. The molecule has 3 aromatic heterocycles. The Balaban J connectivity index is 1.40. The summed E-state index contributed by atoms with van der Waals surface area (Å²) in [4.78, 5) is 51.4. The molecule has 188 valence electrons. The maximum absolute atomic E-state index is 14.2. The number of imide groups is 1. The number of amides is 3. The summed E-state index contributed by atoms with van der Waals surface area (Å²) in [5.41, 5.74) is 1.07. The third-order valence-corrected chi connectivity index (χ3v) is 8.96. The summed E-state index contributed by atoms with van der Waals surface area (Å²) in [7, 11) is 0. The average molecular weight is 518 g/mol. The number of nitrogens with zero attached hydrogens (tertiary/aromatic N) is 5. The van der Waals surface area contributed by atoms with E-state index >= 15 is 0 Å². The molecular weight excluding hydrogens is 493 g/mol. The summed E-state index contributed by atoms with van der Waals surface area (Å²) in [6, 6.07) is 7.25. The number of thiophene rings is 1. The zero-order chi connectivity index (χ0) is 26.4. The molecule has 2 saturated heterocycles. The first-order valence-corrected chi connectivity index (χ1v) is 12.9. The molecular formula is C27H24FN5O3S. The average Bonchev–Trinajstić information content (AvgIpc) is 3.07. The molecule has 1 aliphatic carbocycles. The van der Waals surface area contributed by atoms with Crippen LogP contribution in [0.25, 0.3) is 21.3 Å². The minimum atomic E-state index is -1.42. The second kappa shape index (κ2) is 7.65. The molecule has 3 fully saturated rings. The van der Waals surface area contributed by atoms with E-state index in [9.17, 15) is 24.0 Å². The summed E-state index contributed by atoms with van der Waals surface area (Å²) < 4.78 is 14.9. The maximum atomic E-state index is 14.2. The standard InChI is InChI=1S/C27H24FN5O3S/c1-13-19(23(34)32-11-27(4,28)12-32)17(7-14(9-29)31-13)16-5-6-30-18-8-15(37-22(16)18)10-33-24(35)20-21(25(33)36)26(20,2)3/h5-8,20-21H,10-12H2,1-4H3. The van der Waals surface area contributed by atoms with Crippen LogP contribution in [0.5, 0.6) is 0 Å². The van der Waals surface area contributed by atoms with Gasteiger partial charge in [0.05, 0.1) is 52.9 Å². The molecule has 2 unspecified atom stereocenters. The van der Waals surface area contributed by atoms with Crippen LogP contribution in [-0.4, -0.2) is 56.2 Å². The van der Waals surface area contributed by atoms with Crippen LogP contribution in [0, 0.1) is 35.5 Å². The van der Waals surface area contributed by atoms with Crippen LogP contribution in [0.3, 0.4) is 0 Å². The van der Waals surface area contributed by atoms with Crippen LogP contribution in [0.15, 0.2) is 24.4 Å². The largest absolute Gasteiger partial charge is 0.332 e. The van der Waals surface area contributed by atoms with Gasteiger partial charge in [0, 0.05) is 22.2 Å². The lowest BCUT2D eigenvalue weighted by Crippen LogP contribution is -2.59. The number of carbonyl (C=O) groups is 3. The maximum Gasteiger partial charge on any atom is 0.256 e. The fourth-order valence-corrected chi connectivity index (χ4v) is 6.99. The van der Waals surface area contributed by atoms with Crippen molar-refractivity contribution in [3.63, 3.8) is 0 Å². The van der Waals surface area contributed by atoms with Crippen LogP contribution in [-0.2, 0) is 16.1 Å². The third kappa shape index (κ3) is 3.48. The molecule has 3 aromatic rings. The zero-order valence-electron chi connectivity index (χ0n) is 20.8. The number of hydrogen-bond acceptors (Lipinski definition) is 7.